The molecule has 1 aromatic carbocycles. The number of carbonyl (C=O) groups excluding carboxylic acids is 1. The number of aromatic nitrogens is 2. The number of fused-ring (bicyclic) bond motifs is 1. The molecule has 132 valence electrons. The first-order chi connectivity index (χ1) is 12.7. The van der Waals surface area contributed by atoms with Gasteiger partial charge in [-0.1, -0.05) is 15.9 Å². The first-order valence-corrected chi connectivity index (χ1v) is 9.93. The molecular formula is C19H16BrN3O2S. The Morgan fingerprint density at radius 1 is 1.38 bits per heavy atom. The van der Waals surface area contributed by atoms with Crippen molar-refractivity contribution in [2.75, 3.05) is 6.61 Å². The summed E-state index contributed by atoms with van der Waals surface area (Å²) in [6.45, 7) is 0.599. The first kappa shape index (κ1) is 17.2. The lowest BCUT2D eigenvalue weighted by atomic mass is 10.0. The van der Waals surface area contributed by atoms with Crippen LogP contribution in [-0.4, -0.2) is 22.5 Å². The Morgan fingerprint density at radius 2 is 2.31 bits per heavy atom. The summed E-state index contributed by atoms with van der Waals surface area (Å²) in [5, 5.41) is 5.92. The van der Waals surface area contributed by atoms with Gasteiger partial charge < -0.3 is 10.1 Å². The van der Waals surface area contributed by atoms with Crippen molar-refractivity contribution in [2.45, 2.75) is 18.9 Å². The van der Waals surface area contributed by atoms with E-state index < -0.39 is 0 Å². The molecule has 3 aromatic rings. The van der Waals surface area contributed by atoms with Gasteiger partial charge in [0.05, 0.1) is 24.8 Å². The summed E-state index contributed by atoms with van der Waals surface area (Å²) in [5.41, 5.74) is 2.74. The zero-order valence-electron chi connectivity index (χ0n) is 13.8. The fraction of sp³-hybridized carbons (Fsp3) is 0.211. The molecule has 0 radical (unpaired) electrons. The van der Waals surface area contributed by atoms with E-state index in [0.29, 0.717) is 6.61 Å². The molecule has 5 nitrogen and oxygen atoms in total. The number of nitrogens with one attached hydrogen (secondary N) is 1. The number of halogens is 1. The number of amides is 1. The summed E-state index contributed by atoms with van der Waals surface area (Å²) in [6.07, 6.45) is 4.53. The van der Waals surface area contributed by atoms with Crippen LogP contribution in [0.2, 0.25) is 0 Å². The monoisotopic (exact) mass is 429 g/mol. The molecule has 0 bridgehead atoms. The van der Waals surface area contributed by atoms with Crippen molar-refractivity contribution in [3.8, 4) is 16.3 Å². The summed E-state index contributed by atoms with van der Waals surface area (Å²) in [7, 11) is 0. The molecule has 0 saturated heterocycles. The van der Waals surface area contributed by atoms with E-state index in [2.05, 4.69) is 31.2 Å². The predicted molar refractivity (Wildman–Crippen MR) is 104 cm³/mol. The third kappa shape index (κ3) is 3.78. The van der Waals surface area contributed by atoms with Crippen LogP contribution in [0, 0.1) is 0 Å². The highest BCUT2D eigenvalue weighted by Gasteiger charge is 2.23. The lowest BCUT2D eigenvalue weighted by Gasteiger charge is -2.26. The number of hydrogen-bond acceptors (Lipinski definition) is 5. The Morgan fingerprint density at radius 3 is 3.15 bits per heavy atom. The van der Waals surface area contributed by atoms with Crippen molar-refractivity contribution >= 4 is 33.2 Å². The standard InChI is InChI=1S/C19H16BrN3O2S/c20-13-3-4-17-15(8-13)16(5-7-25-17)23-18(24)9-14-11-26-19(22-14)12-2-1-6-21-10-12/h1-4,6,8,10-11,16H,5,7,9H2,(H,23,24). The maximum absolute atomic E-state index is 12.5. The number of nitrogens with zero attached hydrogens (tertiary/aromatic N) is 2. The largest absolute Gasteiger partial charge is 0.493 e. The van der Waals surface area contributed by atoms with E-state index >= 15 is 0 Å². The van der Waals surface area contributed by atoms with Gasteiger partial charge >= 0.3 is 0 Å². The van der Waals surface area contributed by atoms with Gasteiger partial charge in [0.2, 0.25) is 5.91 Å². The molecule has 1 aliphatic rings. The van der Waals surface area contributed by atoms with Crippen LogP contribution in [0.3, 0.4) is 0 Å². The highest BCUT2D eigenvalue weighted by atomic mass is 79.9. The maximum atomic E-state index is 12.5. The van der Waals surface area contributed by atoms with E-state index in [1.807, 2.05) is 35.7 Å². The van der Waals surface area contributed by atoms with Gasteiger partial charge in [0.1, 0.15) is 10.8 Å². The van der Waals surface area contributed by atoms with E-state index in [9.17, 15) is 4.79 Å². The Bertz CT molecular complexity index is 930. The average Bonchev–Trinajstić information content (AvgIpc) is 3.11. The van der Waals surface area contributed by atoms with Crippen LogP contribution in [0.4, 0.5) is 0 Å². The Labute approximate surface area is 163 Å². The molecule has 1 amide bonds. The van der Waals surface area contributed by atoms with Crippen molar-refractivity contribution in [2.24, 2.45) is 0 Å². The van der Waals surface area contributed by atoms with Crippen molar-refractivity contribution in [1.82, 2.24) is 15.3 Å². The second kappa shape index (κ2) is 7.55. The molecule has 1 N–H and O–H groups in total. The van der Waals surface area contributed by atoms with Crippen LogP contribution in [0.25, 0.3) is 10.6 Å². The summed E-state index contributed by atoms with van der Waals surface area (Å²) >= 11 is 5.00. The maximum Gasteiger partial charge on any atom is 0.226 e. The highest BCUT2D eigenvalue weighted by Crippen LogP contribution is 2.34. The minimum atomic E-state index is -0.0415. The number of thiazole rings is 1. The van der Waals surface area contributed by atoms with Crippen molar-refractivity contribution < 1.29 is 9.53 Å². The summed E-state index contributed by atoms with van der Waals surface area (Å²) < 4.78 is 6.65. The van der Waals surface area contributed by atoms with Gasteiger partial charge in [-0.25, -0.2) is 4.98 Å². The minimum absolute atomic E-state index is 0.0362. The lowest BCUT2D eigenvalue weighted by molar-refractivity contribution is -0.121. The molecule has 1 atom stereocenters. The molecule has 1 aliphatic heterocycles. The summed E-state index contributed by atoms with van der Waals surface area (Å²) in [4.78, 5) is 21.2. The van der Waals surface area contributed by atoms with Crippen molar-refractivity contribution in [3.05, 3.63) is 63.8 Å². The molecule has 2 aromatic heterocycles. The molecule has 1 unspecified atom stereocenters. The Hall–Kier alpha value is -2.25. The van der Waals surface area contributed by atoms with Gasteiger partial charge in [-0.05, 0) is 30.3 Å². The predicted octanol–water partition coefficient (Wildman–Crippen LogP) is 4.15. The van der Waals surface area contributed by atoms with Gasteiger partial charge in [0, 0.05) is 39.8 Å². The van der Waals surface area contributed by atoms with Gasteiger partial charge in [0.25, 0.3) is 0 Å². The van der Waals surface area contributed by atoms with Crippen molar-refractivity contribution in [1.29, 1.82) is 0 Å². The topological polar surface area (TPSA) is 64.1 Å². The minimum Gasteiger partial charge on any atom is -0.493 e. The molecule has 4 rings (SSSR count). The van der Waals surface area contributed by atoms with E-state index in [1.54, 1.807) is 12.4 Å². The zero-order valence-corrected chi connectivity index (χ0v) is 16.2. The first-order valence-electron chi connectivity index (χ1n) is 8.25. The zero-order chi connectivity index (χ0) is 17.9. The molecular weight excluding hydrogens is 414 g/mol. The van der Waals surface area contributed by atoms with Gasteiger partial charge in [-0.3, -0.25) is 9.78 Å². The number of hydrogen-bond donors (Lipinski definition) is 1. The molecule has 0 saturated carbocycles. The number of benzene rings is 1. The van der Waals surface area contributed by atoms with Crippen LogP contribution in [0.1, 0.15) is 23.7 Å². The summed E-state index contributed by atoms with van der Waals surface area (Å²) in [6, 6.07) is 9.68. The van der Waals surface area contributed by atoms with Crippen molar-refractivity contribution in [3.63, 3.8) is 0 Å². The third-order valence-electron chi connectivity index (χ3n) is 4.15. The normalized spacial score (nSPS) is 15.8. The second-order valence-electron chi connectivity index (χ2n) is 6.00. The van der Waals surface area contributed by atoms with Gasteiger partial charge in [0.15, 0.2) is 0 Å². The number of pyridine rings is 1. The van der Waals surface area contributed by atoms with Crippen LogP contribution in [0.15, 0.2) is 52.6 Å². The average molecular weight is 430 g/mol. The van der Waals surface area contributed by atoms with Crippen LogP contribution >= 0.6 is 27.3 Å². The molecule has 7 heteroatoms. The molecule has 0 spiro atoms. The van der Waals surface area contributed by atoms with Crippen LogP contribution < -0.4 is 10.1 Å². The van der Waals surface area contributed by atoms with E-state index in [0.717, 1.165) is 38.5 Å². The Kier molecular flexibility index (Phi) is 4.99. The molecule has 26 heavy (non-hydrogen) atoms. The highest BCUT2D eigenvalue weighted by molar-refractivity contribution is 9.10. The van der Waals surface area contributed by atoms with Gasteiger partial charge in [-0.2, -0.15) is 0 Å². The SMILES string of the molecule is O=C(Cc1csc(-c2cccnc2)n1)NC1CCOc2ccc(Br)cc21. The number of ether oxygens (including phenoxy) is 1. The molecule has 0 fully saturated rings. The number of carbonyl (C=O) groups is 1. The smallest absolute Gasteiger partial charge is 0.226 e. The Balaban J connectivity index is 1.44. The summed E-state index contributed by atoms with van der Waals surface area (Å²) in [5.74, 6) is 0.795. The second-order valence-corrected chi connectivity index (χ2v) is 7.78. The van der Waals surface area contributed by atoms with E-state index in [1.165, 1.54) is 11.3 Å². The van der Waals surface area contributed by atoms with Crippen LogP contribution in [-0.2, 0) is 11.2 Å². The fourth-order valence-electron chi connectivity index (χ4n) is 2.94. The van der Waals surface area contributed by atoms with Gasteiger partial charge in [-0.15, -0.1) is 11.3 Å². The molecule has 3 heterocycles. The number of rotatable bonds is 4. The molecule has 0 aliphatic carbocycles. The third-order valence-corrected chi connectivity index (χ3v) is 5.58. The van der Waals surface area contributed by atoms with Crippen LogP contribution in [0.5, 0.6) is 5.75 Å². The van der Waals surface area contributed by atoms with E-state index in [-0.39, 0.29) is 18.4 Å². The van der Waals surface area contributed by atoms with E-state index in [4.69, 9.17) is 4.74 Å². The lowest BCUT2D eigenvalue weighted by Crippen LogP contribution is -2.33. The fourth-order valence-corrected chi connectivity index (χ4v) is 4.12. The quantitative estimate of drug-likeness (QED) is 0.676.